The van der Waals surface area contributed by atoms with Gasteiger partial charge in [0.15, 0.2) is 5.78 Å². The summed E-state index contributed by atoms with van der Waals surface area (Å²) in [4.78, 5) is 11.5. The normalized spacial score (nSPS) is 9.53. The van der Waals surface area contributed by atoms with Crippen LogP contribution in [0.3, 0.4) is 0 Å². The van der Waals surface area contributed by atoms with E-state index in [-0.39, 0.29) is 5.78 Å². The van der Waals surface area contributed by atoms with Gasteiger partial charge in [0.05, 0.1) is 0 Å². The number of Topliss-reactive ketones (excluding diaryl/α,β-unsaturated/α-hetero) is 1. The Morgan fingerprint density at radius 2 is 1.93 bits per heavy atom. The number of fused-ring (bicyclic) bond motifs is 1. The van der Waals surface area contributed by atoms with E-state index in [9.17, 15) is 4.79 Å². The average molecular weight is 220 g/mol. The monoisotopic (exact) mass is 220 g/mol. The molecule has 0 atom stereocenters. The molecule has 0 aliphatic heterocycles. The highest BCUT2D eigenvalue weighted by molar-refractivity contribution is 7.17. The van der Waals surface area contributed by atoms with Crippen molar-refractivity contribution in [2.75, 3.05) is 0 Å². The molecule has 2 aromatic rings. The first-order valence-electron chi connectivity index (χ1n) is 5.32. The lowest BCUT2D eigenvalue weighted by molar-refractivity contribution is 0.0990. The molecule has 1 aromatic heterocycles. The van der Waals surface area contributed by atoms with Crippen LogP contribution in [-0.4, -0.2) is 5.78 Å². The second kappa shape index (κ2) is 5.66. The minimum atomic E-state index is 0.234. The number of thiophene rings is 1. The van der Waals surface area contributed by atoms with Crippen LogP contribution < -0.4 is 0 Å². The predicted molar refractivity (Wildman–Crippen MR) is 67.8 cm³/mol. The zero-order valence-electron chi connectivity index (χ0n) is 9.41. The van der Waals surface area contributed by atoms with Crippen LogP contribution in [0.4, 0.5) is 0 Å². The summed E-state index contributed by atoms with van der Waals surface area (Å²) in [6.45, 7) is 5.90. The Morgan fingerprint density at radius 3 is 2.60 bits per heavy atom. The molecule has 1 heterocycles. The molecule has 0 saturated heterocycles. The fourth-order valence-electron chi connectivity index (χ4n) is 1.38. The maximum Gasteiger partial charge on any atom is 0.164 e. The highest BCUT2D eigenvalue weighted by atomic mass is 32.1. The smallest absolute Gasteiger partial charge is 0.164 e. The van der Waals surface area contributed by atoms with Crippen LogP contribution in [0, 0.1) is 0 Å². The van der Waals surface area contributed by atoms with Crippen molar-refractivity contribution >= 4 is 27.2 Å². The van der Waals surface area contributed by atoms with E-state index >= 15 is 0 Å². The van der Waals surface area contributed by atoms with Gasteiger partial charge in [0.1, 0.15) is 0 Å². The summed E-state index contributed by atoms with van der Waals surface area (Å²) in [7, 11) is 0. The van der Waals surface area contributed by atoms with Gasteiger partial charge in [-0.25, -0.2) is 0 Å². The van der Waals surface area contributed by atoms with Crippen LogP contribution in [-0.2, 0) is 0 Å². The summed E-state index contributed by atoms with van der Waals surface area (Å²) in [6.07, 6.45) is 0.584. The summed E-state index contributed by atoms with van der Waals surface area (Å²) in [5.41, 5.74) is 0.878. The molecule has 0 radical (unpaired) electrons. The molecule has 0 amide bonds. The highest BCUT2D eigenvalue weighted by Gasteiger charge is 2.08. The molecule has 2 rings (SSSR count). The van der Waals surface area contributed by atoms with Crippen LogP contribution in [0.5, 0.6) is 0 Å². The van der Waals surface area contributed by atoms with E-state index in [0.29, 0.717) is 6.42 Å². The lowest BCUT2D eigenvalue weighted by Crippen LogP contribution is -1.93. The number of carbonyl (C=O) groups excluding carboxylic acids is 1. The van der Waals surface area contributed by atoms with Crippen molar-refractivity contribution in [3.63, 3.8) is 0 Å². The first-order valence-corrected chi connectivity index (χ1v) is 6.20. The van der Waals surface area contributed by atoms with E-state index in [1.54, 1.807) is 11.3 Å². The fraction of sp³-hybridized carbons (Fsp3) is 0.308. The lowest BCUT2D eigenvalue weighted by atomic mass is 10.1. The predicted octanol–water partition coefficient (Wildman–Crippen LogP) is 4.52. The van der Waals surface area contributed by atoms with Crippen molar-refractivity contribution in [2.24, 2.45) is 0 Å². The third kappa shape index (κ3) is 2.45. The first kappa shape index (κ1) is 11.9. The van der Waals surface area contributed by atoms with Gasteiger partial charge >= 0.3 is 0 Å². The molecule has 0 spiro atoms. The summed E-state index contributed by atoms with van der Waals surface area (Å²) in [5.74, 6) is 0.234. The standard InChI is InChI=1S/C11H10OS.C2H6/c1-2-10(12)9-7-13-11-6-4-3-5-8(9)11;1-2/h3-7H,2H2,1H3;1-2H3. The van der Waals surface area contributed by atoms with Gasteiger partial charge in [0.25, 0.3) is 0 Å². The van der Waals surface area contributed by atoms with Crippen LogP contribution in [0.25, 0.3) is 10.1 Å². The molecular weight excluding hydrogens is 204 g/mol. The van der Waals surface area contributed by atoms with E-state index in [4.69, 9.17) is 0 Å². The van der Waals surface area contributed by atoms with Gasteiger partial charge in [0, 0.05) is 27.5 Å². The van der Waals surface area contributed by atoms with E-state index in [0.717, 1.165) is 10.9 Å². The van der Waals surface area contributed by atoms with Crippen molar-refractivity contribution < 1.29 is 4.79 Å². The fourth-order valence-corrected chi connectivity index (χ4v) is 2.35. The molecule has 0 fully saturated rings. The molecule has 2 heteroatoms. The van der Waals surface area contributed by atoms with Crippen LogP contribution in [0.1, 0.15) is 37.6 Å². The molecule has 1 aromatic carbocycles. The lowest BCUT2D eigenvalue weighted by Gasteiger charge is -1.93. The molecule has 0 bridgehead atoms. The van der Waals surface area contributed by atoms with Gasteiger partial charge in [0.2, 0.25) is 0 Å². The largest absolute Gasteiger partial charge is 0.294 e. The second-order valence-corrected chi connectivity index (χ2v) is 3.83. The zero-order chi connectivity index (χ0) is 11.3. The molecule has 15 heavy (non-hydrogen) atoms. The van der Waals surface area contributed by atoms with Crippen molar-refractivity contribution in [3.05, 3.63) is 35.2 Å². The number of hydrogen-bond donors (Lipinski definition) is 0. The highest BCUT2D eigenvalue weighted by Crippen LogP contribution is 2.26. The van der Waals surface area contributed by atoms with Crippen molar-refractivity contribution in [1.82, 2.24) is 0 Å². The van der Waals surface area contributed by atoms with Crippen molar-refractivity contribution in [3.8, 4) is 0 Å². The Labute approximate surface area is 94.7 Å². The van der Waals surface area contributed by atoms with Crippen LogP contribution in [0.15, 0.2) is 29.6 Å². The Balaban J connectivity index is 0.000000531. The van der Waals surface area contributed by atoms with Gasteiger partial charge in [-0.15, -0.1) is 11.3 Å². The van der Waals surface area contributed by atoms with Gasteiger partial charge in [-0.3, -0.25) is 4.79 Å². The topological polar surface area (TPSA) is 17.1 Å². The van der Waals surface area contributed by atoms with Crippen molar-refractivity contribution in [1.29, 1.82) is 0 Å². The zero-order valence-corrected chi connectivity index (χ0v) is 10.2. The van der Waals surface area contributed by atoms with Crippen LogP contribution >= 0.6 is 11.3 Å². The van der Waals surface area contributed by atoms with Gasteiger partial charge in [-0.1, -0.05) is 39.0 Å². The molecule has 0 aliphatic rings. The Hall–Kier alpha value is -1.15. The van der Waals surface area contributed by atoms with Gasteiger partial charge < -0.3 is 0 Å². The molecule has 0 aliphatic carbocycles. The number of benzene rings is 1. The van der Waals surface area contributed by atoms with Crippen molar-refractivity contribution in [2.45, 2.75) is 27.2 Å². The Morgan fingerprint density at radius 1 is 1.27 bits per heavy atom. The summed E-state index contributed by atoms with van der Waals surface area (Å²) >= 11 is 1.64. The van der Waals surface area contributed by atoms with Gasteiger partial charge in [-0.05, 0) is 6.07 Å². The maximum atomic E-state index is 11.5. The molecule has 80 valence electrons. The van der Waals surface area contributed by atoms with Gasteiger partial charge in [-0.2, -0.15) is 0 Å². The minimum absolute atomic E-state index is 0.234. The van der Waals surface area contributed by atoms with Crippen LogP contribution in [0.2, 0.25) is 0 Å². The first-order chi connectivity index (χ1) is 7.33. The number of rotatable bonds is 2. The number of carbonyl (C=O) groups is 1. The SMILES string of the molecule is CC.CCC(=O)c1csc2ccccc12. The molecule has 0 unspecified atom stereocenters. The second-order valence-electron chi connectivity index (χ2n) is 2.92. The summed E-state index contributed by atoms with van der Waals surface area (Å²) in [5, 5.41) is 3.05. The third-order valence-electron chi connectivity index (χ3n) is 2.10. The molecule has 0 saturated carbocycles. The quantitative estimate of drug-likeness (QED) is 0.680. The van der Waals surface area contributed by atoms with E-state index in [1.165, 1.54) is 4.70 Å². The maximum absolute atomic E-state index is 11.5. The number of ketones is 1. The Bertz CT molecular complexity index is 442. The molecule has 1 nitrogen and oxygen atoms in total. The number of hydrogen-bond acceptors (Lipinski definition) is 2. The Kier molecular flexibility index (Phi) is 4.50. The van der Waals surface area contributed by atoms with E-state index in [1.807, 2.05) is 50.4 Å². The van der Waals surface area contributed by atoms with E-state index < -0.39 is 0 Å². The molecular formula is C13H16OS. The minimum Gasteiger partial charge on any atom is -0.294 e. The summed E-state index contributed by atoms with van der Waals surface area (Å²) < 4.78 is 1.19. The summed E-state index contributed by atoms with van der Waals surface area (Å²) in [6, 6.07) is 8.03. The van der Waals surface area contributed by atoms with E-state index in [2.05, 4.69) is 0 Å². The third-order valence-corrected chi connectivity index (χ3v) is 3.07. The average Bonchev–Trinajstić information content (AvgIpc) is 2.74. The molecule has 0 N–H and O–H groups in total.